The number of likely N-dealkylation sites (N-methyl/N-ethyl adjacent to an activating group) is 1. The summed E-state index contributed by atoms with van der Waals surface area (Å²) in [6.07, 6.45) is 0. The van der Waals surface area contributed by atoms with Crippen LogP contribution in [0.25, 0.3) is 0 Å². The number of nitrogens with zero attached hydrogens (tertiary/aromatic N) is 3. The third kappa shape index (κ3) is 2.31. The summed E-state index contributed by atoms with van der Waals surface area (Å²) in [6, 6.07) is -0.784. The Morgan fingerprint density at radius 3 is 2.50 bits per heavy atom. The number of amidine groups is 1. The van der Waals surface area contributed by atoms with Crippen LogP contribution in [0.4, 0.5) is 0 Å². The van der Waals surface area contributed by atoms with E-state index in [1.54, 1.807) is 0 Å². The molecular weight excluding hydrogens is 260 g/mol. The minimum atomic E-state index is -3.81. The molecule has 0 bridgehead atoms. The van der Waals surface area contributed by atoms with Gasteiger partial charge in [-0.15, -0.1) is 0 Å². The molecule has 18 heavy (non-hydrogen) atoms. The summed E-state index contributed by atoms with van der Waals surface area (Å²) in [5, 5.41) is 15.0. The lowest BCUT2D eigenvalue weighted by atomic mass is 10.3. The van der Waals surface area contributed by atoms with Gasteiger partial charge in [-0.1, -0.05) is 10.3 Å². The Labute approximate surface area is 105 Å². The van der Waals surface area contributed by atoms with E-state index >= 15 is 0 Å². The van der Waals surface area contributed by atoms with Crippen molar-refractivity contribution in [3.05, 3.63) is 11.5 Å². The summed E-state index contributed by atoms with van der Waals surface area (Å²) >= 11 is 0. The van der Waals surface area contributed by atoms with Gasteiger partial charge < -0.3 is 15.5 Å². The average Bonchev–Trinajstić information content (AvgIpc) is 2.66. The summed E-state index contributed by atoms with van der Waals surface area (Å²) < 4.78 is 30.5. The van der Waals surface area contributed by atoms with Gasteiger partial charge in [0, 0.05) is 7.05 Å². The van der Waals surface area contributed by atoms with Crippen molar-refractivity contribution in [2.75, 3.05) is 7.05 Å². The number of rotatable bonds is 4. The molecule has 1 heterocycles. The molecule has 0 aliphatic heterocycles. The van der Waals surface area contributed by atoms with Crippen LogP contribution in [-0.2, 0) is 10.0 Å². The first-order valence-electron chi connectivity index (χ1n) is 5.11. The van der Waals surface area contributed by atoms with E-state index in [1.807, 2.05) is 0 Å². The van der Waals surface area contributed by atoms with Crippen molar-refractivity contribution >= 4 is 15.9 Å². The van der Waals surface area contributed by atoms with Gasteiger partial charge in [0.1, 0.15) is 10.6 Å². The van der Waals surface area contributed by atoms with E-state index in [4.69, 9.17) is 15.5 Å². The minimum Gasteiger partial charge on any atom is -0.409 e. The van der Waals surface area contributed by atoms with Gasteiger partial charge in [0.15, 0.2) is 11.6 Å². The van der Waals surface area contributed by atoms with E-state index in [-0.39, 0.29) is 22.2 Å². The largest absolute Gasteiger partial charge is 0.409 e. The van der Waals surface area contributed by atoms with Crippen molar-refractivity contribution in [3.63, 3.8) is 0 Å². The molecule has 0 radical (unpaired) electrons. The smallest absolute Gasteiger partial charge is 0.248 e. The molecule has 0 spiro atoms. The monoisotopic (exact) mass is 276 g/mol. The molecule has 0 fully saturated rings. The van der Waals surface area contributed by atoms with E-state index in [0.717, 1.165) is 4.31 Å². The van der Waals surface area contributed by atoms with E-state index in [2.05, 4.69) is 10.3 Å². The van der Waals surface area contributed by atoms with Crippen molar-refractivity contribution in [1.82, 2.24) is 9.46 Å². The number of oxime groups is 1. The second-order valence-corrected chi connectivity index (χ2v) is 5.81. The van der Waals surface area contributed by atoms with Crippen LogP contribution in [-0.4, -0.2) is 42.0 Å². The lowest BCUT2D eigenvalue weighted by Crippen LogP contribution is -2.43. The molecule has 1 aromatic heterocycles. The van der Waals surface area contributed by atoms with Gasteiger partial charge in [-0.3, -0.25) is 0 Å². The van der Waals surface area contributed by atoms with Crippen LogP contribution < -0.4 is 5.73 Å². The van der Waals surface area contributed by atoms with Crippen LogP contribution in [0.2, 0.25) is 0 Å². The van der Waals surface area contributed by atoms with Gasteiger partial charge in [0.05, 0.1) is 6.04 Å². The first-order valence-corrected chi connectivity index (χ1v) is 6.55. The lowest BCUT2D eigenvalue weighted by Gasteiger charge is -2.22. The molecule has 9 heteroatoms. The maximum absolute atomic E-state index is 12.3. The third-order valence-electron chi connectivity index (χ3n) is 2.69. The number of nitrogens with two attached hydrogens (primary N) is 1. The van der Waals surface area contributed by atoms with E-state index in [0.29, 0.717) is 0 Å². The number of sulfonamides is 1. The standard InChI is InChI=1S/C9H16N4O4S/c1-5-8(7(3)17-12-5)18(15,16)13(4)6(2)9(10)11-14/h6,14H,1-4H3,(H2,10,11). The Bertz CT molecular complexity index is 544. The van der Waals surface area contributed by atoms with Crippen molar-refractivity contribution in [2.45, 2.75) is 31.7 Å². The predicted molar refractivity (Wildman–Crippen MR) is 63.8 cm³/mol. The van der Waals surface area contributed by atoms with Crippen LogP contribution in [0.5, 0.6) is 0 Å². The van der Waals surface area contributed by atoms with Gasteiger partial charge in [-0.05, 0) is 20.8 Å². The molecule has 1 aromatic rings. The average molecular weight is 276 g/mol. The van der Waals surface area contributed by atoms with Crippen molar-refractivity contribution < 1.29 is 18.1 Å². The molecule has 1 rings (SSSR count). The molecule has 0 aromatic carbocycles. The van der Waals surface area contributed by atoms with Crippen LogP contribution in [0.3, 0.4) is 0 Å². The van der Waals surface area contributed by atoms with Crippen LogP contribution in [0.1, 0.15) is 18.4 Å². The number of hydrogen-bond donors (Lipinski definition) is 2. The van der Waals surface area contributed by atoms with E-state index in [1.165, 1.54) is 27.8 Å². The number of aryl methyl sites for hydroxylation is 2. The van der Waals surface area contributed by atoms with Crippen LogP contribution in [0, 0.1) is 13.8 Å². The summed E-state index contributed by atoms with van der Waals surface area (Å²) in [6.45, 7) is 4.55. The Morgan fingerprint density at radius 1 is 1.56 bits per heavy atom. The first kappa shape index (κ1) is 14.5. The highest BCUT2D eigenvalue weighted by molar-refractivity contribution is 7.89. The maximum Gasteiger partial charge on any atom is 0.248 e. The van der Waals surface area contributed by atoms with Gasteiger partial charge in [-0.25, -0.2) is 8.42 Å². The summed E-state index contributed by atoms with van der Waals surface area (Å²) in [7, 11) is -2.47. The van der Waals surface area contributed by atoms with E-state index in [9.17, 15) is 8.42 Å². The van der Waals surface area contributed by atoms with Crippen LogP contribution >= 0.6 is 0 Å². The zero-order valence-corrected chi connectivity index (χ0v) is 11.4. The number of hydrogen-bond acceptors (Lipinski definition) is 6. The first-order chi connectivity index (χ1) is 8.23. The highest BCUT2D eigenvalue weighted by atomic mass is 32.2. The fraction of sp³-hybridized carbons (Fsp3) is 0.556. The Hall–Kier alpha value is -1.61. The topological polar surface area (TPSA) is 122 Å². The molecule has 0 amide bonds. The molecular formula is C9H16N4O4S. The Kier molecular flexibility index (Phi) is 3.97. The van der Waals surface area contributed by atoms with Crippen molar-refractivity contribution in [3.8, 4) is 0 Å². The van der Waals surface area contributed by atoms with Gasteiger partial charge in [0.2, 0.25) is 10.0 Å². The normalized spacial score (nSPS) is 15.1. The Balaban J connectivity index is 3.24. The predicted octanol–water partition coefficient (Wildman–Crippen LogP) is 0.0468. The fourth-order valence-corrected chi connectivity index (χ4v) is 3.09. The van der Waals surface area contributed by atoms with Crippen molar-refractivity contribution in [1.29, 1.82) is 0 Å². The van der Waals surface area contributed by atoms with E-state index < -0.39 is 16.1 Å². The third-order valence-corrected chi connectivity index (χ3v) is 4.87. The van der Waals surface area contributed by atoms with Gasteiger partial charge in [-0.2, -0.15) is 4.31 Å². The maximum atomic E-state index is 12.3. The zero-order chi connectivity index (χ0) is 14.1. The zero-order valence-electron chi connectivity index (χ0n) is 10.6. The molecule has 0 saturated carbocycles. The molecule has 1 atom stereocenters. The number of aromatic nitrogens is 1. The highest BCUT2D eigenvalue weighted by Gasteiger charge is 2.32. The van der Waals surface area contributed by atoms with Gasteiger partial charge in [0.25, 0.3) is 0 Å². The fourth-order valence-electron chi connectivity index (χ4n) is 1.46. The molecule has 0 aliphatic carbocycles. The summed E-state index contributed by atoms with van der Waals surface area (Å²) in [4.78, 5) is 0.00240. The second-order valence-electron chi connectivity index (χ2n) is 3.88. The van der Waals surface area contributed by atoms with Gasteiger partial charge >= 0.3 is 0 Å². The minimum absolute atomic E-state index is 0.00240. The molecule has 3 N–H and O–H groups in total. The molecule has 1 unspecified atom stereocenters. The summed E-state index contributed by atoms with van der Waals surface area (Å²) in [5.41, 5.74) is 5.67. The molecule has 0 aliphatic rings. The second kappa shape index (κ2) is 4.94. The molecule has 8 nitrogen and oxygen atoms in total. The summed E-state index contributed by atoms with van der Waals surface area (Å²) in [5.74, 6) is -0.00102. The highest BCUT2D eigenvalue weighted by Crippen LogP contribution is 2.23. The Morgan fingerprint density at radius 2 is 2.11 bits per heavy atom. The SMILES string of the molecule is Cc1noc(C)c1S(=O)(=O)N(C)C(C)C(N)=NO. The quantitative estimate of drug-likeness (QED) is 0.346. The van der Waals surface area contributed by atoms with Crippen LogP contribution in [0.15, 0.2) is 14.6 Å². The lowest BCUT2D eigenvalue weighted by molar-refractivity contribution is 0.311. The molecule has 0 saturated heterocycles. The molecule has 102 valence electrons. The van der Waals surface area contributed by atoms with Crippen molar-refractivity contribution in [2.24, 2.45) is 10.9 Å².